The van der Waals surface area contributed by atoms with Crippen molar-refractivity contribution in [3.63, 3.8) is 0 Å². The van der Waals surface area contributed by atoms with Gasteiger partial charge >= 0.3 is 0 Å². The molecule has 31 heavy (non-hydrogen) atoms. The van der Waals surface area contributed by atoms with Crippen LogP contribution in [0.3, 0.4) is 0 Å². The molecule has 3 heterocycles. The van der Waals surface area contributed by atoms with E-state index < -0.39 is 0 Å². The average Bonchev–Trinajstić information content (AvgIpc) is 3.41. The number of hydrogen-bond donors (Lipinski definition) is 2. The molecule has 5 heteroatoms. The topological polar surface area (TPSA) is 61.8 Å². The van der Waals surface area contributed by atoms with Crippen LogP contribution in [0, 0.1) is 0 Å². The highest BCUT2D eigenvalue weighted by Crippen LogP contribution is 2.38. The van der Waals surface area contributed by atoms with E-state index in [0.29, 0.717) is 21.6 Å². The van der Waals surface area contributed by atoms with E-state index >= 15 is 0 Å². The predicted molar refractivity (Wildman–Crippen MR) is 125 cm³/mol. The lowest BCUT2D eigenvalue weighted by Gasteiger charge is -2.16. The first-order valence-corrected chi connectivity index (χ1v) is 10.4. The summed E-state index contributed by atoms with van der Waals surface area (Å²) < 4.78 is 5.90. The van der Waals surface area contributed by atoms with E-state index in [2.05, 4.69) is 22.1 Å². The van der Waals surface area contributed by atoms with Crippen LogP contribution in [0.25, 0.3) is 32.8 Å². The molecule has 4 nitrogen and oxygen atoms in total. The molecule has 0 atom stereocenters. The Balaban J connectivity index is 1.70. The summed E-state index contributed by atoms with van der Waals surface area (Å²) in [5, 5.41) is 3.13. The van der Waals surface area contributed by atoms with Crippen molar-refractivity contribution in [3.8, 4) is 0 Å². The Morgan fingerprint density at radius 2 is 1.35 bits per heavy atom. The van der Waals surface area contributed by atoms with Gasteiger partial charge in [-0.15, -0.1) is 0 Å². The Kier molecular flexibility index (Phi) is 4.01. The third kappa shape index (κ3) is 2.80. The highest BCUT2D eigenvalue weighted by Gasteiger charge is 2.26. The molecule has 0 radical (unpaired) electrons. The second kappa shape index (κ2) is 6.89. The van der Waals surface area contributed by atoms with Crippen LogP contribution in [0.4, 0.5) is 0 Å². The van der Waals surface area contributed by atoms with Crippen LogP contribution in [-0.2, 0) is 0 Å². The van der Waals surface area contributed by atoms with Crippen LogP contribution in [0.15, 0.2) is 94.6 Å². The van der Waals surface area contributed by atoms with E-state index in [4.69, 9.17) is 16.0 Å². The van der Waals surface area contributed by atoms with Gasteiger partial charge in [0.1, 0.15) is 5.58 Å². The highest BCUT2D eigenvalue weighted by molar-refractivity contribution is 6.31. The summed E-state index contributed by atoms with van der Waals surface area (Å²) in [7, 11) is 0. The summed E-state index contributed by atoms with van der Waals surface area (Å²) in [4.78, 5) is 20.3. The lowest BCUT2D eigenvalue weighted by molar-refractivity contribution is 0.591. The highest BCUT2D eigenvalue weighted by atomic mass is 35.5. The normalized spacial score (nSPS) is 11.8. The van der Waals surface area contributed by atoms with Gasteiger partial charge in [0.05, 0.1) is 11.6 Å². The number of aromatic nitrogens is 2. The van der Waals surface area contributed by atoms with Crippen molar-refractivity contribution in [2.75, 3.05) is 0 Å². The number of fused-ring (bicyclic) bond motifs is 3. The van der Waals surface area contributed by atoms with Crippen LogP contribution in [-0.4, -0.2) is 9.97 Å². The molecule has 0 aliphatic carbocycles. The molecule has 2 N–H and O–H groups in total. The maximum absolute atomic E-state index is 13.6. The Morgan fingerprint density at radius 1 is 0.742 bits per heavy atom. The zero-order valence-corrected chi connectivity index (χ0v) is 17.1. The molecule has 3 aromatic heterocycles. The first-order valence-electron chi connectivity index (χ1n) is 10.0. The number of para-hydroxylation sites is 2. The fraction of sp³-hybridized carbons (Fsp3) is 0.0385. The molecule has 0 saturated carbocycles. The predicted octanol–water partition coefficient (Wildman–Crippen LogP) is 6.59. The maximum atomic E-state index is 13.6. The molecule has 0 amide bonds. The fourth-order valence-corrected chi connectivity index (χ4v) is 4.66. The van der Waals surface area contributed by atoms with E-state index in [1.807, 2.05) is 48.8 Å². The van der Waals surface area contributed by atoms with E-state index in [1.54, 1.807) is 24.5 Å². The molecule has 150 valence electrons. The Labute approximate surface area is 182 Å². The van der Waals surface area contributed by atoms with Gasteiger partial charge in [-0.05, 0) is 41.5 Å². The van der Waals surface area contributed by atoms with Gasteiger partial charge < -0.3 is 14.4 Å². The molecule has 6 aromatic rings. The van der Waals surface area contributed by atoms with Crippen molar-refractivity contribution >= 4 is 44.4 Å². The number of H-pyrrole nitrogens is 2. The minimum Gasteiger partial charge on any atom is -0.464 e. The summed E-state index contributed by atoms with van der Waals surface area (Å²) >= 11 is 6.19. The van der Waals surface area contributed by atoms with Gasteiger partial charge in [0.15, 0.2) is 5.43 Å². The molecule has 0 fully saturated rings. The lowest BCUT2D eigenvalue weighted by Crippen LogP contribution is -2.15. The van der Waals surface area contributed by atoms with Crippen molar-refractivity contribution in [1.82, 2.24) is 9.97 Å². The summed E-state index contributed by atoms with van der Waals surface area (Å²) in [5.74, 6) is -0.313. The second-order valence-electron chi connectivity index (χ2n) is 7.67. The number of benzene rings is 3. The Morgan fingerprint density at radius 3 is 2.00 bits per heavy atom. The summed E-state index contributed by atoms with van der Waals surface area (Å²) in [6.07, 6.45) is 5.56. The van der Waals surface area contributed by atoms with Gasteiger partial charge in [-0.25, -0.2) is 0 Å². The minimum atomic E-state index is -0.313. The van der Waals surface area contributed by atoms with Gasteiger partial charge in [-0.1, -0.05) is 48.0 Å². The number of hydrogen-bond acceptors (Lipinski definition) is 2. The van der Waals surface area contributed by atoms with Crippen molar-refractivity contribution in [1.29, 1.82) is 0 Å². The van der Waals surface area contributed by atoms with Crippen LogP contribution >= 0.6 is 11.6 Å². The lowest BCUT2D eigenvalue weighted by atomic mass is 9.85. The summed E-state index contributed by atoms with van der Waals surface area (Å²) in [5.41, 5.74) is 5.11. The van der Waals surface area contributed by atoms with Crippen molar-refractivity contribution in [2.45, 2.75) is 5.92 Å². The largest absolute Gasteiger partial charge is 0.464 e. The van der Waals surface area contributed by atoms with Gasteiger partial charge in [-0.3, -0.25) is 4.79 Å². The first kappa shape index (κ1) is 18.0. The second-order valence-corrected chi connectivity index (χ2v) is 8.11. The number of halogens is 1. The zero-order chi connectivity index (χ0) is 20.9. The van der Waals surface area contributed by atoms with Crippen LogP contribution in [0.1, 0.15) is 22.6 Å². The zero-order valence-electron chi connectivity index (χ0n) is 16.4. The smallest absolute Gasteiger partial charge is 0.196 e. The van der Waals surface area contributed by atoms with E-state index in [0.717, 1.165) is 32.9 Å². The van der Waals surface area contributed by atoms with Gasteiger partial charge in [0.25, 0.3) is 0 Å². The molecular weight excluding hydrogens is 408 g/mol. The molecular formula is C26H17ClN2O2. The minimum absolute atomic E-state index is 0.0793. The number of rotatable bonds is 3. The standard InChI is InChI=1S/C26H17ClN2O2/c27-15-9-10-24-18(11-15)26(30)21(14-31-24)25(19-12-28-22-7-3-1-5-16(19)22)20-13-29-23-8-4-2-6-17(20)23/h1-14,25,28-29H. The van der Waals surface area contributed by atoms with Crippen molar-refractivity contribution < 1.29 is 4.42 Å². The fourth-order valence-electron chi connectivity index (χ4n) is 4.49. The van der Waals surface area contributed by atoms with E-state index in [9.17, 15) is 4.79 Å². The van der Waals surface area contributed by atoms with Gasteiger partial charge in [0.2, 0.25) is 0 Å². The van der Waals surface area contributed by atoms with Crippen LogP contribution in [0.5, 0.6) is 0 Å². The quantitative estimate of drug-likeness (QED) is 0.336. The number of nitrogens with one attached hydrogen (secondary N) is 2. The Bertz CT molecular complexity index is 1570. The van der Waals surface area contributed by atoms with Crippen molar-refractivity contribution in [2.24, 2.45) is 0 Å². The van der Waals surface area contributed by atoms with E-state index in [1.165, 1.54) is 0 Å². The molecule has 0 aliphatic rings. The van der Waals surface area contributed by atoms with Gasteiger partial charge in [0, 0.05) is 50.7 Å². The van der Waals surface area contributed by atoms with Crippen molar-refractivity contribution in [3.05, 3.63) is 117 Å². The number of aromatic amines is 2. The molecule has 0 saturated heterocycles. The maximum Gasteiger partial charge on any atom is 0.196 e. The van der Waals surface area contributed by atoms with Gasteiger partial charge in [-0.2, -0.15) is 0 Å². The molecule has 0 aliphatic heterocycles. The molecule has 3 aromatic carbocycles. The summed E-state index contributed by atoms with van der Waals surface area (Å²) in [6.45, 7) is 0. The molecule has 6 rings (SSSR count). The van der Waals surface area contributed by atoms with E-state index in [-0.39, 0.29) is 11.3 Å². The molecule has 0 unspecified atom stereocenters. The SMILES string of the molecule is O=c1c(C(c2c[nH]c3ccccc23)c2c[nH]c3ccccc23)coc2ccc(Cl)cc12. The Hall–Kier alpha value is -3.76. The first-order chi connectivity index (χ1) is 15.2. The van der Waals surface area contributed by atoms with Crippen LogP contribution in [0.2, 0.25) is 5.02 Å². The molecule has 0 spiro atoms. The molecule has 0 bridgehead atoms. The third-order valence-electron chi connectivity index (χ3n) is 5.94. The summed E-state index contributed by atoms with van der Waals surface area (Å²) in [6, 6.07) is 21.4. The monoisotopic (exact) mass is 424 g/mol. The third-order valence-corrected chi connectivity index (χ3v) is 6.17. The average molecular weight is 425 g/mol. The van der Waals surface area contributed by atoms with Crippen LogP contribution < -0.4 is 5.43 Å².